The maximum absolute atomic E-state index is 13.1. The van der Waals surface area contributed by atoms with E-state index in [1.54, 1.807) is 0 Å². The highest BCUT2D eigenvalue weighted by atomic mass is 32.2. The predicted molar refractivity (Wildman–Crippen MR) is 144 cm³/mol. The van der Waals surface area contributed by atoms with E-state index >= 15 is 0 Å². The van der Waals surface area contributed by atoms with Crippen molar-refractivity contribution in [3.05, 3.63) is 0 Å². The second kappa shape index (κ2) is 19.4. The number of rotatable bonds is 20. The highest BCUT2D eigenvalue weighted by Crippen LogP contribution is 2.07. The zero-order valence-corrected chi connectivity index (χ0v) is 22.7. The Kier molecular flexibility index (Phi) is 18.0. The first-order valence-corrected chi connectivity index (χ1v) is 14.4. The van der Waals surface area contributed by atoms with E-state index in [4.69, 9.17) is 22.3 Å². The van der Waals surface area contributed by atoms with Crippen LogP contribution in [0.5, 0.6) is 0 Å². The van der Waals surface area contributed by atoms with E-state index in [2.05, 4.69) is 20.9 Å². The molecular weight excluding hydrogens is 526 g/mol. The normalized spacial score (nSPS) is 13.9. The molecule has 0 unspecified atom stereocenters. The molecule has 0 radical (unpaired) electrons. The zero-order valence-electron chi connectivity index (χ0n) is 21.1. The summed E-state index contributed by atoms with van der Waals surface area (Å²) in [6.07, 6.45) is 4.02. The molecule has 0 aliphatic heterocycles. The van der Waals surface area contributed by atoms with Crippen LogP contribution in [0.4, 0.5) is 0 Å². The number of aliphatic imine (C=N–C) groups is 1. The molecule has 0 aromatic carbocycles. The van der Waals surface area contributed by atoms with Crippen LogP contribution in [0.2, 0.25) is 0 Å². The number of guanidine groups is 1. The number of thioether (sulfide) groups is 2. The monoisotopic (exact) mass is 565 g/mol. The second-order valence-corrected chi connectivity index (χ2v) is 10.0. The molecule has 0 saturated carbocycles. The molecule has 212 valence electrons. The van der Waals surface area contributed by atoms with E-state index in [-0.39, 0.29) is 44.6 Å². The van der Waals surface area contributed by atoms with Gasteiger partial charge in [0, 0.05) is 13.0 Å². The Morgan fingerprint density at radius 1 is 0.784 bits per heavy atom. The summed E-state index contributed by atoms with van der Waals surface area (Å²) >= 11 is 2.87. The minimum atomic E-state index is -1.20. The van der Waals surface area contributed by atoms with Crippen molar-refractivity contribution in [3.8, 4) is 0 Å². The van der Waals surface area contributed by atoms with Crippen LogP contribution in [0.3, 0.4) is 0 Å². The van der Waals surface area contributed by atoms with Crippen molar-refractivity contribution in [3.63, 3.8) is 0 Å². The number of hydrogen-bond acceptors (Lipinski definition) is 9. The van der Waals surface area contributed by atoms with Gasteiger partial charge in [0.2, 0.25) is 17.7 Å². The predicted octanol–water partition coefficient (Wildman–Crippen LogP) is -1.72. The Labute approximate surface area is 224 Å². The Morgan fingerprint density at radius 2 is 1.27 bits per heavy atom. The summed E-state index contributed by atoms with van der Waals surface area (Å²) in [6, 6.07) is -4.44. The molecule has 3 amide bonds. The topological polar surface area (TPSA) is 252 Å². The Bertz CT molecular complexity index is 797. The number of nitrogens with one attached hydrogen (secondary N) is 3. The minimum absolute atomic E-state index is 0.102. The smallest absolute Gasteiger partial charge is 0.326 e. The fourth-order valence-corrected chi connectivity index (χ4v) is 3.95. The van der Waals surface area contributed by atoms with Gasteiger partial charge in [-0.3, -0.25) is 24.2 Å². The Balaban J connectivity index is 5.55. The SMILES string of the molecule is CSCC[C@H](NC(=O)[C@H](CCCN=C(N)N)NC(=O)[C@H](CCSC)NC(=O)[C@@H](N)CCC(=O)O)C(=O)O. The largest absolute Gasteiger partial charge is 0.481 e. The molecule has 37 heavy (non-hydrogen) atoms. The molecule has 11 N–H and O–H groups in total. The van der Waals surface area contributed by atoms with Crippen molar-refractivity contribution in [1.29, 1.82) is 0 Å². The summed E-state index contributed by atoms with van der Waals surface area (Å²) < 4.78 is 0. The average Bonchev–Trinajstić information content (AvgIpc) is 2.83. The van der Waals surface area contributed by atoms with Crippen molar-refractivity contribution < 1.29 is 34.2 Å². The molecule has 0 spiro atoms. The van der Waals surface area contributed by atoms with E-state index in [0.29, 0.717) is 17.9 Å². The van der Waals surface area contributed by atoms with Gasteiger partial charge in [-0.2, -0.15) is 23.5 Å². The van der Waals surface area contributed by atoms with Gasteiger partial charge in [0.05, 0.1) is 6.04 Å². The zero-order chi connectivity index (χ0) is 28.4. The summed E-state index contributed by atoms with van der Waals surface area (Å²) in [5.74, 6) is -3.49. The molecule has 0 aliphatic carbocycles. The number of aliphatic carboxylic acids is 2. The van der Waals surface area contributed by atoms with Gasteiger partial charge in [-0.05, 0) is 56.1 Å². The molecule has 0 saturated heterocycles. The van der Waals surface area contributed by atoms with E-state index in [1.807, 2.05) is 12.5 Å². The summed E-state index contributed by atoms with van der Waals surface area (Å²) in [4.78, 5) is 64.7. The highest BCUT2D eigenvalue weighted by Gasteiger charge is 2.30. The number of nitrogens with two attached hydrogens (primary N) is 3. The summed E-state index contributed by atoms with van der Waals surface area (Å²) in [5.41, 5.74) is 16.4. The molecule has 0 heterocycles. The molecule has 16 heteroatoms. The first kappa shape index (κ1) is 34.3. The lowest BCUT2D eigenvalue weighted by molar-refractivity contribution is -0.142. The lowest BCUT2D eigenvalue weighted by atomic mass is 10.1. The van der Waals surface area contributed by atoms with Crippen LogP contribution in [0.1, 0.15) is 38.5 Å². The van der Waals surface area contributed by atoms with E-state index in [0.717, 1.165) is 0 Å². The van der Waals surface area contributed by atoms with Crippen LogP contribution in [-0.2, 0) is 24.0 Å². The summed E-state index contributed by atoms with van der Waals surface area (Å²) in [7, 11) is 0. The van der Waals surface area contributed by atoms with E-state index in [9.17, 15) is 29.1 Å². The number of carbonyl (C=O) groups is 5. The number of carboxylic acids is 2. The fourth-order valence-electron chi connectivity index (χ4n) is 3.00. The molecule has 0 aliphatic rings. The van der Waals surface area contributed by atoms with Gasteiger partial charge >= 0.3 is 11.9 Å². The Morgan fingerprint density at radius 3 is 1.76 bits per heavy atom. The van der Waals surface area contributed by atoms with Crippen LogP contribution in [-0.4, -0.2) is 101 Å². The van der Waals surface area contributed by atoms with Crippen LogP contribution < -0.4 is 33.2 Å². The molecule has 0 aromatic rings. The summed E-state index contributed by atoms with van der Waals surface area (Å²) in [6.45, 7) is 0.182. The first-order valence-electron chi connectivity index (χ1n) is 11.6. The van der Waals surface area contributed by atoms with Crippen LogP contribution in [0, 0.1) is 0 Å². The molecule has 0 rings (SSSR count). The Hall–Kier alpha value is -2.72. The van der Waals surface area contributed by atoms with Crippen molar-refractivity contribution in [2.75, 3.05) is 30.6 Å². The lowest BCUT2D eigenvalue weighted by Gasteiger charge is -2.25. The van der Waals surface area contributed by atoms with Gasteiger partial charge in [-0.1, -0.05) is 0 Å². The standard InChI is InChI=1S/C21H39N7O7S2/c1-36-10-7-14(26-17(31)12(22)5-6-16(29)30)19(33)27-13(4-3-9-25-21(23)24)18(32)28-15(20(34)35)8-11-37-2/h12-15H,3-11,22H2,1-2H3,(H,26,31)(H,27,33)(H,28,32)(H,29,30)(H,34,35)(H4,23,24,25)/t12-,13-,14-,15-/m0/s1. The number of hydrogen-bond donors (Lipinski definition) is 8. The van der Waals surface area contributed by atoms with Crippen molar-refractivity contribution >= 4 is 59.1 Å². The third-order valence-corrected chi connectivity index (χ3v) is 6.34. The third kappa shape index (κ3) is 15.9. The number of carbonyl (C=O) groups excluding carboxylic acids is 3. The van der Waals surface area contributed by atoms with Gasteiger partial charge in [-0.15, -0.1) is 0 Å². The van der Waals surface area contributed by atoms with Crippen molar-refractivity contribution in [2.24, 2.45) is 22.2 Å². The van der Waals surface area contributed by atoms with Gasteiger partial charge in [-0.25, -0.2) is 4.79 Å². The quantitative estimate of drug-likeness (QED) is 0.0466. The van der Waals surface area contributed by atoms with Gasteiger partial charge < -0.3 is 43.4 Å². The molecule has 0 bridgehead atoms. The van der Waals surface area contributed by atoms with Gasteiger partial charge in [0.25, 0.3) is 0 Å². The van der Waals surface area contributed by atoms with Crippen LogP contribution in [0.25, 0.3) is 0 Å². The summed E-state index contributed by atoms with van der Waals surface area (Å²) in [5, 5.41) is 25.8. The molecule has 4 atom stereocenters. The van der Waals surface area contributed by atoms with Gasteiger partial charge in [0.15, 0.2) is 5.96 Å². The maximum atomic E-state index is 13.1. The second-order valence-electron chi connectivity index (χ2n) is 8.07. The fraction of sp³-hybridized carbons (Fsp3) is 0.714. The van der Waals surface area contributed by atoms with Crippen LogP contribution >= 0.6 is 23.5 Å². The minimum Gasteiger partial charge on any atom is -0.481 e. The van der Waals surface area contributed by atoms with Gasteiger partial charge in [0.1, 0.15) is 18.1 Å². The third-order valence-electron chi connectivity index (χ3n) is 5.05. The van der Waals surface area contributed by atoms with Crippen molar-refractivity contribution in [2.45, 2.75) is 62.7 Å². The lowest BCUT2D eigenvalue weighted by Crippen LogP contribution is -2.57. The maximum Gasteiger partial charge on any atom is 0.326 e. The molecule has 0 fully saturated rings. The van der Waals surface area contributed by atoms with E-state index < -0.39 is 53.8 Å². The number of amides is 3. The van der Waals surface area contributed by atoms with E-state index in [1.165, 1.54) is 23.5 Å². The molecule has 0 aromatic heterocycles. The molecular formula is C21H39N7O7S2. The highest BCUT2D eigenvalue weighted by molar-refractivity contribution is 7.98. The van der Waals surface area contributed by atoms with Crippen LogP contribution in [0.15, 0.2) is 4.99 Å². The first-order chi connectivity index (χ1) is 17.4. The number of nitrogens with zero attached hydrogens (tertiary/aromatic N) is 1. The van der Waals surface area contributed by atoms with Crippen molar-refractivity contribution in [1.82, 2.24) is 16.0 Å². The number of carboxylic acid groups (broad SMARTS) is 2. The average molecular weight is 566 g/mol. The molecule has 14 nitrogen and oxygen atoms in total.